The van der Waals surface area contributed by atoms with Crippen molar-refractivity contribution in [2.45, 2.75) is 5.03 Å². The normalized spacial score (nSPS) is 13.3. The van der Waals surface area contributed by atoms with Crippen LogP contribution in [-0.2, 0) is 10.8 Å². The van der Waals surface area contributed by atoms with E-state index in [1.807, 2.05) is 6.07 Å². The van der Waals surface area contributed by atoms with Gasteiger partial charge in [0.15, 0.2) is 0 Å². The lowest BCUT2D eigenvalue weighted by molar-refractivity contribution is 0.684. The summed E-state index contributed by atoms with van der Waals surface area (Å²) in [6.45, 7) is 0. The van der Waals surface area contributed by atoms with Crippen LogP contribution >= 0.6 is 22.6 Å². The van der Waals surface area contributed by atoms with Gasteiger partial charge in [0.1, 0.15) is 5.03 Å². The molecule has 3 rings (SSSR count). The van der Waals surface area contributed by atoms with Gasteiger partial charge in [0.05, 0.1) is 22.5 Å². The molecule has 1 N–H and O–H groups in total. The topological polar surface area (TPSA) is 45.8 Å². The molecule has 0 aliphatic rings. The highest BCUT2D eigenvalue weighted by atomic mass is 127. The number of aromatic amines is 1. The zero-order chi connectivity index (χ0) is 12.0. The molecular formula is C12H9IN2OS. The Bertz CT molecular complexity index is 751. The second kappa shape index (κ2) is 4.06. The molecule has 0 aliphatic heterocycles. The van der Waals surface area contributed by atoms with E-state index in [1.165, 1.54) is 3.57 Å². The Balaban J connectivity index is 2.43. The Morgan fingerprint density at radius 1 is 1.24 bits per heavy atom. The van der Waals surface area contributed by atoms with Crippen LogP contribution in [0.15, 0.2) is 35.5 Å². The third kappa shape index (κ3) is 1.87. The smallest absolute Gasteiger partial charge is 0.127 e. The summed E-state index contributed by atoms with van der Waals surface area (Å²) < 4.78 is 12.6. The maximum atomic E-state index is 11.5. The molecule has 5 heteroatoms. The van der Waals surface area contributed by atoms with Crippen LogP contribution in [0.1, 0.15) is 0 Å². The largest absolute Gasteiger partial charge is 0.353 e. The maximum absolute atomic E-state index is 11.5. The highest BCUT2D eigenvalue weighted by Gasteiger charge is 2.07. The number of halogens is 1. The summed E-state index contributed by atoms with van der Waals surface area (Å²) in [7, 11) is -1.04. The summed E-state index contributed by atoms with van der Waals surface area (Å²) in [6.07, 6.45) is 3.39. The SMILES string of the molecule is CS(=O)c1cc2c(cn1)[nH]c1ccc(I)cc12. The van der Waals surface area contributed by atoms with Crippen molar-refractivity contribution in [1.29, 1.82) is 0 Å². The van der Waals surface area contributed by atoms with Gasteiger partial charge < -0.3 is 4.98 Å². The Kier molecular flexibility index (Phi) is 2.67. The number of hydrogen-bond donors (Lipinski definition) is 1. The number of benzene rings is 1. The number of H-pyrrole nitrogens is 1. The lowest BCUT2D eigenvalue weighted by atomic mass is 10.2. The molecule has 0 saturated carbocycles. The highest BCUT2D eigenvalue weighted by Crippen LogP contribution is 2.27. The number of fused-ring (bicyclic) bond motifs is 3. The number of hydrogen-bond acceptors (Lipinski definition) is 2. The first kappa shape index (κ1) is 11.2. The van der Waals surface area contributed by atoms with Crippen LogP contribution in [0.3, 0.4) is 0 Å². The molecule has 0 aliphatic carbocycles. The molecule has 86 valence electrons. The molecule has 1 atom stereocenters. The highest BCUT2D eigenvalue weighted by molar-refractivity contribution is 14.1. The lowest BCUT2D eigenvalue weighted by Crippen LogP contribution is -1.90. The maximum Gasteiger partial charge on any atom is 0.127 e. The van der Waals surface area contributed by atoms with Gasteiger partial charge in [0.25, 0.3) is 0 Å². The van der Waals surface area contributed by atoms with E-state index in [4.69, 9.17) is 0 Å². The Morgan fingerprint density at radius 2 is 2.00 bits per heavy atom. The second-order valence-electron chi connectivity index (χ2n) is 3.84. The Hall–Kier alpha value is -0.950. The van der Waals surface area contributed by atoms with Gasteiger partial charge in [-0.05, 0) is 46.9 Å². The van der Waals surface area contributed by atoms with Gasteiger partial charge in [0.2, 0.25) is 0 Å². The van der Waals surface area contributed by atoms with Gasteiger partial charge >= 0.3 is 0 Å². The van der Waals surface area contributed by atoms with Crippen LogP contribution in [0.2, 0.25) is 0 Å². The van der Waals surface area contributed by atoms with Gasteiger partial charge in [-0.15, -0.1) is 0 Å². The van der Waals surface area contributed by atoms with Crippen molar-refractivity contribution in [3.63, 3.8) is 0 Å². The van der Waals surface area contributed by atoms with Crippen LogP contribution < -0.4 is 0 Å². The zero-order valence-corrected chi connectivity index (χ0v) is 12.0. The molecule has 0 radical (unpaired) electrons. The van der Waals surface area contributed by atoms with Crippen LogP contribution in [0.5, 0.6) is 0 Å². The van der Waals surface area contributed by atoms with Gasteiger partial charge in [-0.25, -0.2) is 4.98 Å². The minimum Gasteiger partial charge on any atom is -0.353 e. The van der Waals surface area contributed by atoms with Crippen molar-refractivity contribution >= 4 is 55.2 Å². The van der Waals surface area contributed by atoms with Crippen LogP contribution in [-0.4, -0.2) is 20.4 Å². The molecule has 0 saturated heterocycles. The van der Waals surface area contributed by atoms with Crippen molar-refractivity contribution in [1.82, 2.24) is 9.97 Å². The molecule has 3 nitrogen and oxygen atoms in total. The van der Waals surface area contributed by atoms with Gasteiger partial charge in [0, 0.05) is 26.1 Å². The molecule has 0 amide bonds. The fourth-order valence-electron chi connectivity index (χ4n) is 1.91. The quantitative estimate of drug-likeness (QED) is 0.682. The molecule has 2 aromatic heterocycles. The molecule has 0 spiro atoms. The summed E-state index contributed by atoms with van der Waals surface area (Å²) in [6, 6.07) is 8.14. The number of nitrogens with one attached hydrogen (secondary N) is 1. The minimum atomic E-state index is -1.04. The first-order valence-corrected chi connectivity index (χ1v) is 7.69. The first-order valence-electron chi connectivity index (χ1n) is 5.05. The van der Waals surface area contributed by atoms with Crippen LogP contribution in [0, 0.1) is 3.57 Å². The molecule has 1 unspecified atom stereocenters. The van der Waals surface area contributed by atoms with E-state index in [1.54, 1.807) is 12.5 Å². The van der Waals surface area contributed by atoms with Crippen LogP contribution in [0.25, 0.3) is 21.8 Å². The van der Waals surface area contributed by atoms with Crippen LogP contribution in [0.4, 0.5) is 0 Å². The van der Waals surface area contributed by atoms with Crippen molar-refractivity contribution in [2.75, 3.05) is 6.26 Å². The van der Waals surface area contributed by atoms with Gasteiger partial charge in [-0.1, -0.05) is 0 Å². The summed E-state index contributed by atoms with van der Waals surface area (Å²) in [5.41, 5.74) is 2.07. The van der Waals surface area contributed by atoms with Crippen molar-refractivity contribution in [2.24, 2.45) is 0 Å². The fraction of sp³-hybridized carbons (Fsp3) is 0.0833. The summed E-state index contributed by atoms with van der Waals surface area (Å²) in [4.78, 5) is 7.50. The van der Waals surface area contributed by atoms with Crippen molar-refractivity contribution < 1.29 is 4.21 Å². The second-order valence-corrected chi connectivity index (χ2v) is 6.41. The van der Waals surface area contributed by atoms with E-state index in [9.17, 15) is 4.21 Å². The number of aromatic nitrogens is 2. The standard InChI is InChI=1S/C12H9IN2OS/c1-17(16)12-5-9-8-4-7(13)2-3-10(8)15-11(9)6-14-12/h2-6,15H,1H3. The summed E-state index contributed by atoms with van der Waals surface area (Å²) in [5, 5.41) is 2.86. The monoisotopic (exact) mass is 356 g/mol. The van der Waals surface area contributed by atoms with Crippen molar-refractivity contribution in [3.8, 4) is 0 Å². The average molecular weight is 356 g/mol. The fourth-order valence-corrected chi connectivity index (χ4v) is 2.89. The third-order valence-corrected chi connectivity index (χ3v) is 4.20. The predicted octanol–water partition coefficient (Wildman–Crippen LogP) is 3.06. The van der Waals surface area contributed by atoms with Crippen molar-refractivity contribution in [3.05, 3.63) is 34.0 Å². The molecule has 1 aromatic carbocycles. The predicted molar refractivity (Wildman–Crippen MR) is 78.6 cm³/mol. The molecule has 0 bridgehead atoms. The summed E-state index contributed by atoms with van der Waals surface area (Å²) in [5.74, 6) is 0. The molecule has 2 heterocycles. The first-order chi connectivity index (χ1) is 8.15. The van der Waals surface area contributed by atoms with E-state index in [0.717, 1.165) is 21.8 Å². The minimum absolute atomic E-state index is 0.622. The summed E-state index contributed by atoms with van der Waals surface area (Å²) >= 11 is 2.29. The van der Waals surface area contributed by atoms with E-state index in [0.29, 0.717) is 5.03 Å². The molecule has 3 aromatic rings. The van der Waals surface area contributed by atoms with E-state index in [-0.39, 0.29) is 0 Å². The Morgan fingerprint density at radius 3 is 2.76 bits per heavy atom. The number of pyridine rings is 1. The van der Waals surface area contributed by atoms with E-state index < -0.39 is 10.8 Å². The number of rotatable bonds is 1. The molecule has 17 heavy (non-hydrogen) atoms. The van der Waals surface area contributed by atoms with Gasteiger partial charge in [-0.2, -0.15) is 0 Å². The lowest BCUT2D eigenvalue weighted by Gasteiger charge is -1.96. The molecular weight excluding hydrogens is 347 g/mol. The average Bonchev–Trinajstić information content (AvgIpc) is 2.66. The Labute approximate surface area is 114 Å². The van der Waals surface area contributed by atoms with Gasteiger partial charge in [-0.3, -0.25) is 4.21 Å². The zero-order valence-electron chi connectivity index (χ0n) is 9.03. The van der Waals surface area contributed by atoms with E-state index >= 15 is 0 Å². The molecule has 0 fully saturated rings. The number of nitrogens with zero attached hydrogens (tertiary/aromatic N) is 1. The van der Waals surface area contributed by atoms with E-state index in [2.05, 4.69) is 50.8 Å². The third-order valence-electron chi connectivity index (χ3n) is 2.71.